The Morgan fingerprint density at radius 1 is 1.43 bits per heavy atom. The number of amides is 1. The third kappa shape index (κ3) is 4.16. The molecule has 7 nitrogen and oxygen atoms in total. The van der Waals surface area contributed by atoms with Crippen LogP contribution in [0.1, 0.15) is 12.8 Å². The number of likely N-dealkylation sites (N-methyl/N-ethyl adjacent to an activating group) is 1. The molecular formula is C14H20N4O3. The lowest BCUT2D eigenvalue weighted by molar-refractivity contribution is -0.384. The summed E-state index contributed by atoms with van der Waals surface area (Å²) in [6, 6.07) is 6.62. The molecule has 2 N–H and O–H groups in total. The molecule has 1 amide bonds. The van der Waals surface area contributed by atoms with Gasteiger partial charge in [0.05, 0.1) is 11.5 Å². The zero-order valence-electron chi connectivity index (χ0n) is 12.0. The minimum absolute atomic E-state index is 0.00895. The van der Waals surface area contributed by atoms with Crippen LogP contribution >= 0.6 is 0 Å². The molecule has 0 radical (unpaired) electrons. The predicted molar refractivity (Wildman–Crippen MR) is 80.4 cm³/mol. The maximum atomic E-state index is 12.0. The van der Waals surface area contributed by atoms with E-state index in [4.69, 9.17) is 0 Å². The molecule has 0 aliphatic carbocycles. The first kappa shape index (κ1) is 15.2. The molecule has 1 saturated heterocycles. The van der Waals surface area contributed by atoms with Gasteiger partial charge in [-0.25, -0.2) is 0 Å². The van der Waals surface area contributed by atoms with E-state index in [1.54, 1.807) is 30.1 Å². The molecule has 0 spiro atoms. The number of hydrogen-bond donors (Lipinski definition) is 2. The average molecular weight is 292 g/mol. The van der Waals surface area contributed by atoms with Crippen LogP contribution in [0.5, 0.6) is 0 Å². The van der Waals surface area contributed by atoms with E-state index in [-0.39, 0.29) is 24.2 Å². The second-order valence-electron chi connectivity index (χ2n) is 5.19. The monoisotopic (exact) mass is 292 g/mol. The van der Waals surface area contributed by atoms with E-state index in [2.05, 4.69) is 10.6 Å². The van der Waals surface area contributed by atoms with Crippen LogP contribution in [0.25, 0.3) is 0 Å². The molecule has 1 fully saturated rings. The summed E-state index contributed by atoms with van der Waals surface area (Å²) in [7, 11) is 1.68. The summed E-state index contributed by atoms with van der Waals surface area (Å²) in [4.78, 5) is 24.2. The fourth-order valence-electron chi connectivity index (χ4n) is 2.48. The maximum Gasteiger partial charge on any atom is 0.292 e. The lowest BCUT2D eigenvalue weighted by atomic mass is 10.1. The quantitative estimate of drug-likeness (QED) is 0.622. The predicted octanol–water partition coefficient (Wildman–Crippen LogP) is 0.899. The van der Waals surface area contributed by atoms with E-state index in [0.29, 0.717) is 5.69 Å². The molecule has 1 aliphatic rings. The van der Waals surface area contributed by atoms with Crippen LogP contribution in [-0.2, 0) is 4.79 Å². The number of hydrogen-bond acceptors (Lipinski definition) is 5. The molecule has 1 aliphatic heterocycles. The van der Waals surface area contributed by atoms with E-state index in [0.717, 1.165) is 25.9 Å². The van der Waals surface area contributed by atoms with Gasteiger partial charge in [0.15, 0.2) is 0 Å². The number of nitro benzene ring substituents is 1. The van der Waals surface area contributed by atoms with Gasteiger partial charge in [-0.05, 0) is 32.0 Å². The fraction of sp³-hybridized carbons (Fsp3) is 0.500. The van der Waals surface area contributed by atoms with E-state index < -0.39 is 4.92 Å². The van der Waals surface area contributed by atoms with E-state index in [1.807, 2.05) is 0 Å². The van der Waals surface area contributed by atoms with Gasteiger partial charge in [-0.2, -0.15) is 0 Å². The Morgan fingerprint density at radius 2 is 2.10 bits per heavy atom. The smallest absolute Gasteiger partial charge is 0.292 e. The molecule has 7 heteroatoms. The van der Waals surface area contributed by atoms with Crippen LogP contribution in [-0.4, -0.2) is 43.6 Å². The van der Waals surface area contributed by atoms with Gasteiger partial charge in [0.2, 0.25) is 5.91 Å². The first-order valence-electron chi connectivity index (χ1n) is 7.02. The molecule has 1 aromatic rings. The Kier molecular flexibility index (Phi) is 5.10. The largest absolute Gasteiger partial charge is 0.360 e. The summed E-state index contributed by atoms with van der Waals surface area (Å²) in [5.41, 5.74) is 0.456. The van der Waals surface area contributed by atoms with Crippen molar-refractivity contribution in [3.05, 3.63) is 34.4 Å². The van der Waals surface area contributed by atoms with Crippen molar-refractivity contribution in [1.82, 2.24) is 10.6 Å². The van der Waals surface area contributed by atoms with Crippen molar-refractivity contribution in [2.24, 2.45) is 0 Å². The minimum atomic E-state index is -0.434. The summed E-state index contributed by atoms with van der Waals surface area (Å²) in [6.45, 7) is 1.92. The molecule has 0 unspecified atom stereocenters. The summed E-state index contributed by atoms with van der Waals surface area (Å²) in [5, 5.41) is 17.2. The van der Waals surface area contributed by atoms with E-state index in [1.165, 1.54) is 6.07 Å². The Bertz CT molecular complexity index is 515. The Hall–Kier alpha value is -2.15. The highest BCUT2D eigenvalue weighted by Crippen LogP contribution is 2.26. The van der Waals surface area contributed by atoms with Gasteiger partial charge in [-0.15, -0.1) is 0 Å². The first-order chi connectivity index (χ1) is 10.1. The van der Waals surface area contributed by atoms with Crippen LogP contribution in [0.2, 0.25) is 0 Å². The van der Waals surface area contributed by atoms with Crippen molar-refractivity contribution in [3.63, 3.8) is 0 Å². The second kappa shape index (κ2) is 7.03. The van der Waals surface area contributed by atoms with Crippen molar-refractivity contribution in [2.75, 3.05) is 31.6 Å². The van der Waals surface area contributed by atoms with Crippen LogP contribution in [0, 0.1) is 10.1 Å². The SMILES string of the molecule is CN(CC(=O)NC1CCNCC1)c1ccccc1[N+](=O)[O-]. The zero-order valence-corrected chi connectivity index (χ0v) is 12.0. The lowest BCUT2D eigenvalue weighted by Gasteiger charge is -2.25. The number of nitrogens with one attached hydrogen (secondary N) is 2. The highest BCUT2D eigenvalue weighted by atomic mass is 16.6. The van der Waals surface area contributed by atoms with E-state index in [9.17, 15) is 14.9 Å². The van der Waals surface area contributed by atoms with Crippen molar-refractivity contribution in [2.45, 2.75) is 18.9 Å². The third-order valence-corrected chi connectivity index (χ3v) is 3.57. The maximum absolute atomic E-state index is 12.0. The third-order valence-electron chi connectivity index (χ3n) is 3.57. The highest BCUT2D eigenvalue weighted by Gasteiger charge is 2.20. The zero-order chi connectivity index (χ0) is 15.2. The van der Waals surface area contributed by atoms with Gasteiger partial charge >= 0.3 is 0 Å². The van der Waals surface area contributed by atoms with Crippen molar-refractivity contribution < 1.29 is 9.72 Å². The summed E-state index contributed by atoms with van der Waals surface area (Å²) in [5.74, 6) is -0.109. The number of carbonyl (C=O) groups excluding carboxylic acids is 1. The molecule has 21 heavy (non-hydrogen) atoms. The second-order valence-corrected chi connectivity index (χ2v) is 5.19. The topological polar surface area (TPSA) is 87.5 Å². The number of para-hydroxylation sites is 2. The van der Waals surface area contributed by atoms with Gasteiger partial charge in [-0.3, -0.25) is 14.9 Å². The molecule has 1 aromatic carbocycles. The first-order valence-corrected chi connectivity index (χ1v) is 7.02. The van der Waals surface area contributed by atoms with Crippen LogP contribution in [0.4, 0.5) is 11.4 Å². The molecule has 114 valence electrons. The highest BCUT2D eigenvalue weighted by molar-refractivity contribution is 5.82. The van der Waals surface area contributed by atoms with Crippen LogP contribution < -0.4 is 15.5 Å². The minimum Gasteiger partial charge on any atom is -0.360 e. The number of nitrogens with zero attached hydrogens (tertiary/aromatic N) is 2. The van der Waals surface area contributed by atoms with Crippen LogP contribution in [0.15, 0.2) is 24.3 Å². The normalized spacial score (nSPS) is 15.5. The molecule has 1 heterocycles. The molecule has 0 atom stereocenters. The lowest BCUT2D eigenvalue weighted by Crippen LogP contribution is -2.45. The Morgan fingerprint density at radius 3 is 2.76 bits per heavy atom. The van der Waals surface area contributed by atoms with Gasteiger partial charge in [-0.1, -0.05) is 12.1 Å². The van der Waals surface area contributed by atoms with Crippen LogP contribution in [0.3, 0.4) is 0 Å². The molecule has 2 rings (SSSR count). The molecule has 0 saturated carbocycles. The van der Waals surface area contributed by atoms with Gasteiger partial charge in [0, 0.05) is 19.2 Å². The molecule has 0 aromatic heterocycles. The summed E-state index contributed by atoms with van der Waals surface area (Å²) >= 11 is 0. The number of piperidine rings is 1. The Balaban J connectivity index is 1.95. The average Bonchev–Trinajstić information content (AvgIpc) is 2.48. The van der Waals surface area contributed by atoms with Gasteiger partial charge in [0.1, 0.15) is 5.69 Å². The standard InChI is InChI=1S/C14H20N4O3/c1-17(12-4-2-3-5-13(12)18(20)21)10-14(19)16-11-6-8-15-9-7-11/h2-5,11,15H,6-10H2,1H3,(H,16,19). The summed E-state index contributed by atoms with van der Waals surface area (Å²) < 4.78 is 0. The van der Waals surface area contributed by atoms with Crippen molar-refractivity contribution in [1.29, 1.82) is 0 Å². The number of anilines is 1. The van der Waals surface area contributed by atoms with Gasteiger partial charge in [0.25, 0.3) is 5.69 Å². The fourth-order valence-corrected chi connectivity index (χ4v) is 2.48. The number of rotatable bonds is 5. The van der Waals surface area contributed by atoms with Gasteiger partial charge < -0.3 is 15.5 Å². The number of nitro groups is 1. The summed E-state index contributed by atoms with van der Waals surface area (Å²) in [6.07, 6.45) is 1.84. The van der Waals surface area contributed by atoms with E-state index >= 15 is 0 Å². The molecule has 0 bridgehead atoms. The van der Waals surface area contributed by atoms with Crippen molar-refractivity contribution >= 4 is 17.3 Å². The molecular weight excluding hydrogens is 272 g/mol. The number of benzene rings is 1. The van der Waals surface area contributed by atoms with Crippen molar-refractivity contribution in [3.8, 4) is 0 Å². The Labute approximate surface area is 123 Å². The number of carbonyl (C=O) groups is 1.